The largest absolute Gasteiger partial charge is 0.486 e. The maximum atomic E-state index is 13.7. The number of para-hydroxylation sites is 1. The molecule has 7 nitrogen and oxygen atoms in total. The number of nitrogens with one attached hydrogen (secondary N) is 3. The summed E-state index contributed by atoms with van der Waals surface area (Å²) >= 11 is 0. The van der Waals surface area contributed by atoms with Gasteiger partial charge in [0.2, 0.25) is 10.0 Å². The van der Waals surface area contributed by atoms with Gasteiger partial charge in [-0.1, -0.05) is 36.4 Å². The Morgan fingerprint density at radius 1 is 1.10 bits per heavy atom. The second kappa shape index (κ2) is 11.5. The first-order chi connectivity index (χ1) is 14.3. The molecule has 0 heterocycles. The van der Waals surface area contributed by atoms with Crippen LogP contribution in [0.15, 0.2) is 53.5 Å². The highest BCUT2D eigenvalue weighted by molar-refractivity contribution is 7.88. The molecule has 0 spiro atoms. The highest BCUT2D eigenvalue weighted by Crippen LogP contribution is 2.16. The minimum absolute atomic E-state index is 0.0584. The smallest absolute Gasteiger partial charge is 0.215 e. The molecule has 2 rings (SSSR count). The number of benzene rings is 2. The van der Waals surface area contributed by atoms with Gasteiger partial charge in [0.15, 0.2) is 17.5 Å². The Kier molecular flexibility index (Phi) is 9.07. The second-order valence-corrected chi connectivity index (χ2v) is 8.64. The van der Waals surface area contributed by atoms with Crippen LogP contribution in [0.25, 0.3) is 0 Å². The first kappa shape index (κ1) is 23.6. The Labute approximate surface area is 177 Å². The van der Waals surface area contributed by atoms with Gasteiger partial charge in [-0.2, -0.15) is 0 Å². The molecule has 0 aliphatic carbocycles. The average Bonchev–Trinajstić information content (AvgIpc) is 2.72. The molecule has 2 aromatic carbocycles. The van der Waals surface area contributed by atoms with Crippen molar-refractivity contribution in [3.05, 3.63) is 65.5 Å². The zero-order valence-electron chi connectivity index (χ0n) is 17.5. The van der Waals surface area contributed by atoms with E-state index in [1.165, 1.54) is 13.1 Å². The van der Waals surface area contributed by atoms with Gasteiger partial charge in [-0.25, -0.2) is 22.5 Å². The lowest BCUT2D eigenvalue weighted by molar-refractivity contribution is 0.214. The number of hydrogen-bond acceptors (Lipinski definition) is 4. The number of nitrogens with zero attached hydrogens (tertiary/aromatic N) is 1. The number of guanidine groups is 1. The van der Waals surface area contributed by atoms with Crippen LogP contribution in [-0.4, -0.2) is 40.6 Å². The number of sulfonamides is 1. The molecule has 0 aliphatic heterocycles. The predicted molar refractivity (Wildman–Crippen MR) is 117 cm³/mol. The molecule has 0 radical (unpaired) electrons. The number of ether oxygens (including phenoxy) is 1. The summed E-state index contributed by atoms with van der Waals surface area (Å²) in [5, 5.41) is 6.34. The Bertz CT molecular complexity index is 934. The molecule has 30 heavy (non-hydrogen) atoms. The zero-order valence-corrected chi connectivity index (χ0v) is 18.3. The van der Waals surface area contributed by atoms with E-state index in [4.69, 9.17) is 4.74 Å². The normalized spacial score (nSPS) is 13.0. The molecule has 3 N–H and O–H groups in total. The third-order valence-corrected chi connectivity index (χ3v) is 5.51. The van der Waals surface area contributed by atoms with Crippen molar-refractivity contribution < 1.29 is 17.5 Å². The number of aliphatic imine (C=N–C) groups is 1. The van der Waals surface area contributed by atoms with E-state index < -0.39 is 15.8 Å². The lowest BCUT2D eigenvalue weighted by Crippen LogP contribution is -2.41. The Hall–Kier alpha value is -2.65. The summed E-state index contributed by atoms with van der Waals surface area (Å²) < 4.78 is 44.9. The van der Waals surface area contributed by atoms with Crippen LogP contribution in [0.5, 0.6) is 5.75 Å². The molecule has 164 valence electrons. The average molecular weight is 437 g/mol. The number of halogens is 1. The maximum Gasteiger partial charge on any atom is 0.215 e. The second-order valence-electron chi connectivity index (χ2n) is 6.71. The van der Waals surface area contributed by atoms with E-state index in [9.17, 15) is 12.8 Å². The summed E-state index contributed by atoms with van der Waals surface area (Å²) in [7, 11) is -1.89. The van der Waals surface area contributed by atoms with Crippen molar-refractivity contribution in [2.45, 2.75) is 32.2 Å². The third kappa shape index (κ3) is 8.00. The van der Waals surface area contributed by atoms with E-state index in [2.05, 4.69) is 20.3 Å². The van der Waals surface area contributed by atoms with Crippen molar-refractivity contribution in [1.82, 2.24) is 15.4 Å². The van der Waals surface area contributed by atoms with Crippen LogP contribution in [0, 0.1) is 5.82 Å². The Morgan fingerprint density at radius 2 is 1.77 bits per heavy atom. The van der Waals surface area contributed by atoms with Crippen molar-refractivity contribution in [2.75, 3.05) is 20.1 Å². The van der Waals surface area contributed by atoms with E-state index in [0.717, 1.165) is 5.56 Å². The predicted octanol–water partition coefficient (Wildman–Crippen LogP) is 2.40. The minimum Gasteiger partial charge on any atom is -0.486 e. The van der Waals surface area contributed by atoms with E-state index in [1.54, 1.807) is 30.3 Å². The molecule has 1 unspecified atom stereocenters. The van der Waals surface area contributed by atoms with E-state index >= 15 is 0 Å². The molecule has 1 atom stereocenters. The zero-order chi connectivity index (χ0) is 22.0. The van der Waals surface area contributed by atoms with Crippen molar-refractivity contribution in [2.24, 2.45) is 4.99 Å². The van der Waals surface area contributed by atoms with Gasteiger partial charge < -0.3 is 15.4 Å². The van der Waals surface area contributed by atoms with Gasteiger partial charge >= 0.3 is 0 Å². The molecule has 0 saturated carbocycles. The summed E-state index contributed by atoms with van der Waals surface area (Å²) in [5.41, 5.74) is 1.66. The van der Waals surface area contributed by atoms with E-state index in [1.807, 2.05) is 26.0 Å². The van der Waals surface area contributed by atoms with E-state index in [0.29, 0.717) is 31.2 Å². The highest BCUT2D eigenvalue weighted by atomic mass is 32.2. The van der Waals surface area contributed by atoms with Gasteiger partial charge in [-0.05, 0) is 44.2 Å². The monoisotopic (exact) mass is 436 g/mol. The van der Waals surface area contributed by atoms with Gasteiger partial charge in [0.25, 0.3) is 0 Å². The molecule has 2 aromatic rings. The standard InChI is InChI=1S/C21H29FN4O3S/c1-4-24-21(25-13-16(2)29-20-8-6-5-7-19(20)22)26-14-17-9-11-18(12-10-17)15-30(27,28)23-3/h5-12,16,23H,4,13-15H2,1-3H3,(H2,24,25,26). The molecule has 9 heteroatoms. The summed E-state index contributed by atoms with van der Waals surface area (Å²) in [6.07, 6.45) is -0.265. The number of rotatable bonds is 10. The molecule has 0 bridgehead atoms. The van der Waals surface area contributed by atoms with Crippen molar-refractivity contribution in [1.29, 1.82) is 0 Å². The van der Waals surface area contributed by atoms with Crippen LogP contribution >= 0.6 is 0 Å². The van der Waals surface area contributed by atoms with Crippen molar-refractivity contribution in [3.8, 4) is 5.75 Å². The highest BCUT2D eigenvalue weighted by Gasteiger charge is 2.10. The molecule has 0 fully saturated rings. The molecular formula is C21H29FN4O3S. The van der Waals surface area contributed by atoms with Gasteiger partial charge in [0.1, 0.15) is 6.10 Å². The first-order valence-corrected chi connectivity index (χ1v) is 11.4. The van der Waals surface area contributed by atoms with Gasteiger partial charge in [0, 0.05) is 6.54 Å². The van der Waals surface area contributed by atoms with E-state index in [-0.39, 0.29) is 17.6 Å². The molecular weight excluding hydrogens is 407 g/mol. The van der Waals surface area contributed by atoms with Crippen LogP contribution in [0.1, 0.15) is 25.0 Å². The lowest BCUT2D eigenvalue weighted by Gasteiger charge is -2.18. The van der Waals surface area contributed by atoms with Gasteiger partial charge in [0.05, 0.1) is 18.8 Å². The quantitative estimate of drug-likeness (QED) is 0.393. The minimum atomic E-state index is -3.29. The lowest BCUT2D eigenvalue weighted by atomic mass is 10.1. The van der Waals surface area contributed by atoms with Crippen LogP contribution in [0.4, 0.5) is 4.39 Å². The Balaban J connectivity index is 1.91. The van der Waals surface area contributed by atoms with Crippen LogP contribution in [-0.2, 0) is 22.3 Å². The van der Waals surface area contributed by atoms with Crippen LogP contribution < -0.4 is 20.1 Å². The van der Waals surface area contributed by atoms with Crippen LogP contribution in [0.2, 0.25) is 0 Å². The summed E-state index contributed by atoms with van der Waals surface area (Å²) in [5.74, 6) is 0.380. The van der Waals surface area contributed by atoms with Crippen molar-refractivity contribution >= 4 is 16.0 Å². The van der Waals surface area contributed by atoms with Crippen LogP contribution in [0.3, 0.4) is 0 Å². The van der Waals surface area contributed by atoms with Gasteiger partial charge in [-0.15, -0.1) is 0 Å². The first-order valence-electron chi connectivity index (χ1n) is 9.75. The summed E-state index contributed by atoms with van der Waals surface area (Å²) in [6, 6.07) is 13.6. The SMILES string of the molecule is CCNC(=NCc1ccc(CS(=O)(=O)NC)cc1)NCC(C)Oc1ccccc1F. The molecule has 0 aliphatic rings. The molecule has 0 aromatic heterocycles. The van der Waals surface area contributed by atoms with Gasteiger partial charge in [-0.3, -0.25) is 0 Å². The fourth-order valence-corrected chi connectivity index (χ4v) is 3.36. The maximum absolute atomic E-state index is 13.7. The number of hydrogen-bond donors (Lipinski definition) is 3. The summed E-state index contributed by atoms with van der Waals surface area (Å²) in [6.45, 7) is 5.38. The van der Waals surface area contributed by atoms with Crippen molar-refractivity contribution in [3.63, 3.8) is 0 Å². The fraction of sp³-hybridized carbons (Fsp3) is 0.381. The summed E-state index contributed by atoms with van der Waals surface area (Å²) in [4.78, 5) is 4.53. The third-order valence-electron chi connectivity index (χ3n) is 4.18. The Morgan fingerprint density at radius 3 is 2.40 bits per heavy atom. The molecule has 0 amide bonds. The topological polar surface area (TPSA) is 91.8 Å². The molecule has 0 saturated heterocycles. The fourth-order valence-electron chi connectivity index (χ4n) is 2.58.